The molecule has 0 saturated carbocycles. The van der Waals surface area contributed by atoms with Gasteiger partial charge in [-0.2, -0.15) is 0 Å². The summed E-state index contributed by atoms with van der Waals surface area (Å²) in [6, 6.07) is 7.29. The summed E-state index contributed by atoms with van der Waals surface area (Å²) in [7, 11) is -2.86. The summed E-state index contributed by atoms with van der Waals surface area (Å²) < 4.78 is 60.6. The Morgan fingerprint density at radius 1 is 1.14 bits per heavy atom. The van der Waals surface area contributed by atoms with Gasteiger partial charge < -0.3 is 14.2 Å². The first-order valence-corrected chi connectivity index (χ1v) is 14.0. The molecule has 2 heterocycles. The van der Waals surface area contributed by atoms with Crippen molar-refractivity contribution >= 4 is 21.7 Å². The second-order valence-corrected chi connectivity index (χ2v) is 11.1. The Morgan fingerprint density at radius 3 is 2.56 bits per heavy atom. The number of hydrogen-bond donors (Lipinski definition) is 0. The maximum Gasteiger partial charge on any atom is 0.341 e. The van der Waals surface area contributed by atoms with Gasteiger partial charge in [0.25, 0.3) is 10.0 Å². The minimum absolute atomic E-state index is 0.0448. The molecule has 0 amide bonds. The standard InChI is InChI=1S/C27H34FNO6S/c1-4-19-6-10-24-22(26(19)28)9-7-20(5-2)29(24)36(31,32)21-8-11-25(23(16-21)27(30)33-3)35-17-18-12-14-34-15-13-18/h6,8,10-11,16,18,20H,4-5,7,9,12-15,17H2,1-3H3. The number of carbonyl (C=O) groups excluding carboxylic acids is 1. The zero-order valence-electron chi connectivity index (χ0n) is 21.1. The van der Waals surface area contributed by atoms with Crippen LogP contribution in [-0.4, -0.2) is 47.4 Å². The Balaban J connectivity index is 1.72. The number of esters is 1. The van der Waals surface area contributed by atoms with Crippen molar-refractivity contribution in [3.8, 4) is 5.75 Å². The minimum Gasteiger partial charge on any atom is -0.492 e. The number of rotatable bonds is 8. The summed E-state index contributed by atoms with van der Waals surface area (Å²) in [5.41, 5.74) is 1.40. The van der Waals surface area contributed by atoms with E-state index in [0.717, 1.165) is 12.8 Å². The molecule has 1 unspecified atom stereocenters. The lowest BCUT2D eigenvalue weighted by molar-refractivity contribution is 0.0483. The Bertz CT molecular complexity index is 1210. The number of aryl methyl sites for hydroxylation is 1. The largest absolute Gasteiger partial charge is 0.492 e. The van der Waals surface area contributed by atoms with Crippen LogP contribution in [0.1, 0.15) is 61.0 Å². The van der Waals surface area contributed by atoms with Gasteiger partial charge in [-0.05, 0) is 74.3 Å². The zero-order valence-corrected chi connectivity index (χ0v) is 21.9. The van der Waals surface area contributed by atoms with Crippen LogP contribution >= 0.6 is 0 Å². The fraction of sp³-hybridized carbons (Fsp3) is 0.519. The monoisotopic (exact) mass is 519 g/mol. The molecule has 7 nitrogen and oxygen atoms in total. The summed E-state index contributed by atoms with van der Waals surface area (Å²) in [6.07, 6.45) is 3.83. The normalized spacial score (nSPS) is 18.6. The number of hydrogen-bond acceptors (Lipinski definition) is 6. The molecule has 9 heteroatoms. The third kappa shape index (κ3) is 5.09. The number of sulfonamides is 1. The van der Waals surface area contributed by atoms with Crippen LogP contribution in [-0.2, 0) is 32.3 Å². The molecule has 0 spiro atoms. The lowest BCUT2D eigenvalue weighted by Gasteiger charge is -2.38. The fourth-order valence-corrected chi connectivity index (χ4v) is 6.81. The highest BCUT2D eigenvalue weighted by Gasteiger charge is 2.37. The molecule has 0 radical (unpaired) electrons. The van der Waals surface area contributed by atoms with Crippen molar-refractivity contribution in [2.75, 3.05) is 31.2 Å². The van der Waals surface area contributed by atoms with Crippen molar-refractivity contribution in [3.05, 3.63) is 52.8 Å². The number of ether oxygens (including phenoxy) is 3. The van der Waals surface area contributed by atoms with Crippen molar-refractivity contribution in [1.29, 1.82) is 0 Å². The number of halogens is 1. The molecule has 2 aliphatic heterocycles. The van der Waals surface area contributed by atoms with Crippen molar-refractivity contribution in [1.82, 2.24) is 0 Å². The van der Waals surface area contributed by atoms with Gasteiger partial charge >= 0.3 is 5.97 Å². The highest BCUT2D eigenvalue weighted by atomic mass is 32.2. The Hall–Kier alpha value is -2.65. The molecule has 0 aliphatic carbocycles. The number of benzene rings is 2. The summed E-state index contributed by atoms with van der Waals surface area (Å²) in [4.78, 5) is 12.5. The number of carbonyl (C=O) groups is 1. The van der Waals surface area contributed by atoms with E-state index in [1.807, 2.05) is 13.8 Å². The number of nitrogens with zero attached hydrogens (tertiary/aromatic N) is 1. The fourth-order valence-electron chi connectivity index (χ4n) is 5.00. The Morgan fingerprint density at radius 2 is 1.89 bits per heavy atom. The van der Waals surface area contributed by atoms with Crippen LogP contribution < -0.4 is 9.04 Å². The second kappa shape index (κ2) is 11.2. The van der Waals surface area contributed by atoms with Gasteiger partial charge in [-0.3, -0.25) is 4.31 Å². The van der Waals surface area contributed by atoms with Crippen molar-refractivity contribution in [3.63, 3.8) is 0 Å². The van der Waals surface area contributed by atoms with Crippen LogP contribution in [0, 0.1) is 11.7 Å². The maximum atomic E-state index is 15.1. The van der Waals surface area contributed by atoms with Crippen LogP contribution in [0.15, 0.2) is 35.2 Å². The first-order valence-electron chi connectivity index (χ1n) is 12.6. The van der Waals surface area contributed by atoms with Crippen LogP contribution in [0.3, 0.4) is 0 Å². The topological polar surface area (TPSA) is 82.1 Å². The van der Waals surface area contributed by atoms with Gasteiger partial charge in [0.2, 0.25) is 0 Å². The summed E-state index contributed by atoms with van der Waals surface area (Å²) in [6.45, 7) is 5.53. The number of fused-ring (bicyclic) bond motifs is 1. The molecule has 4 rings (SSSR count). The van der Waals surface area contributed by atoms with Crippen LogP contribution in [0.5, 0.6) is 5.75 Å². The SMILES string of the molecule is CCc1ccc2c(c1F)CCC(CC)N2S(=O)(=O)c1ccc(OCC2CCOCC2)c(C(=O)OC)c1. The average Bonchev–Trinajstić information content (AvgIpc) is 2.91. The van der Waals surface area contributed by atoms with Gasteiger partial charge in [0.05, 0.1) is 24.3 Å². The molecule has 36 heavy (non-hydrogen) atoms. The molecule has 1 saturated heterocycles. The third-order valence-corrected chi connectivity index (χ3v) is 9.04. The summed E-state index contributed by atoms with van der Waals surface area (Å²) >= 11 is 0. The minimum atomic E-state index is -4.10. The van der Waals surface area contributed by atoms with Gasteiger partial charge in [0.1, 0.15) is 17.1 Å². The van der Waals surface area contributed by atoms with E-state index in [-0.39, 0.29) is 28.1 Å². The van der Waals surface area contributed by atoms with Crippen LogP contribution in [0.2, 0.25) is 0 Å². The van der Waals surface area contributed by atoms with E-state index in [9.17, 15) is 13.2 Å². The van der Waals surface area contributed by atoms with E-state index in [1.165, 1.54) is 29.6 Å². The van der Waals surface area contributed by atoms with Crippen molar-refractivity contribution in [2.24, 2.45) is 5.92 Å². The number of methoxy groups -OCH3 is 1. The molecule has 1 atom stereocenters. The quantitative estimate of drug-likeness (QED) is 0.462. The van der Waals surface area contributed by atoms with Gasteiger partial charge in [-0.25, -0.2) is 17.6 Å². The summed E-state index contributed by atoms with van der Waals surface area (Å²) in [5.74, 6) is -0.446. The molecular formula is C27H34FNO6S. The molecular weight excluding hydrogens is 485 g/mol. The number of anilines is 1. The molecule has 196 valence electrons. The first-order chi connectivity index (χ1) is 17.3. The average molecular weight is 520 g/mol. The predicted octanol–water partition coefficient (Wildman–Crippen LogP) is 4.90. The van der Waals surface area contributed by atoms with Gasteiger partial charge in [-0.15, -0.1) is 0 Å². The Kier molecular flexibility index (Phi) is 8.20. The molecule has 2 aliphatic rings. The zero-order chi connectivity index (χ0) is 25.9. The molecule has 2 aromatic carbocycles. The van der Waals surface area contributed by atoms with E-state index < -0.39 is 16.0 Å². The highest BCUT2D eigenvalue weighted by Crippen LogP contribution is 2.39. The first kappa shape index (κ1) is 26.4. The van der Waals surface area contributed by atoms with Gasteiger partial charge in [-0.1, -0.05) is 19.9 Å². The lowest BCUT2D eigenvalue weighted by Crippen LogP contribution is -2.43. The summed E-state index contributed by atoms with van der Waals surface area (Å²) in [5, 5.41) is 0. The molecule has 0 aromatic heterocycles. The molecule has 0 N–H and O–H groups in total. The second-order valence-electron chi connectivity index (χ2n) is 9.31. The van der Waals surface area contributed by atoms with E-state index in [2.05, 4.69) is 0 Å². The van der Waals surface area contributed by atoms with E-state index >= 15 is 4.39 Å². The maximum absolute atomic E-state index is 15.1. The van der Waals surface area contributed by atoms with E-state index in [1.54, 1.807) is 12.1 Å². The van der Waals surface area contributed by atoms with Crippen LogP contribution in [0.25, 0.3) is 0 Å². The van der Waals surface area contributed by atoms with Gasteiger partial charge in [0, 0.05) is 24.8 Å². The molecule has 2 aromatic rings. The molecule has 1 fully saturated rings. The van der Waals surface area contributed by atoms with Crippen molar-refractivity contribution < 1.29 is 31.8 Å². The van der Waals surface area contributed by atoms with Crippen LogP contribution in [0.4, 0.5) is 10.1 Å². The molecule has 0 bridgehead atoms. The van der Waals surface area contributed by atoms with Crippen molar-refractivity contribution in [2.45, 2.75) is 63.3 Å². The predicted molar refractivity (Wildman–Crippen MR) is 135 cm³/mol. The smallest absolute Gasteiger partial charge is 0.341 e. The third-order valence-electron chi connectivity index (χ3n) is 7.18. The van der Waals surface area contributed by atoms with E-state index in [4.69, 9.17) is 14.2 Å². The van der Waals surface area contributed by atoms with Gasteiger partial charge in [0.15, 0.2) is 0 Å². The lowest BCUT2D eigenvalue weighted by atomic mass is 9.94. The Labute approximate surface area is 212 Å². The van der Waals surface area contributed by atoms with E-state index in [0.29, 0.717) is 68.2 Å². The highest BCUT2D eigenvalue weighted by molar-refractivity contribution is 7.92.